The number of piperazine rings is 1. The number of rotatable bonds is 3. The smallest absolute Gasteiger partial charge is 0.410 e. The van der Waals surface area contributed by atoms with Crippen molar-refractivity contribution < 1.29 is 17.9 Å². The number of benzene rings is 2. The fourth-order valence-corrected chi connectivity index (χ4v) is 5.27. The molecule has 0 atom stereocenters. The van der Waals surface area contributed by atoms with Gasteiger partial charge in [-0.05, 0) is 45.0 Å². The predicted molar refractivity (Wildman–Crippen MR) is 124 cm³/mol. The second-order valence-electron chi connectivity index (χ2n) is 8.75. The molecule has 0 spiro atoms. The Labute approximate surface area is 188 Å². The lowest BCUT2D eigenvalue weighted by molar-refractivity contribution is 0.0240. The first-order valence-corrected chi connectivity index (χ1v) is 12.1. The summed E-state index contributed by atoms with van der Waals surface area (Å²) < 4.78 is 32.0. The van der Waals surface area contributed by atoms with Gasteiger partial charge in [0.15, 0.2) is 0 Å². The van der Waals surface area contributed by atoms with E-state index in [1.165, 1.54) is 0 Å². The number of ether oxygens (including phenoxy) is 1. The predicted octanol–water partition coefficient (Wildman–Crippen LogP) is 4.12. The molecule has 0 bridgehead atoms. The van der Waals surface area contributed by atoms with E-state index in [-0.39, 0.29) is 15.9 Å². The number of carbonyl (C=O) groups excluding carboxylic acids is 1. The maximum Gasteiger partial charge on any atom is 0.410 e. The zero-order valence-electron chi connectivity index (χ0n) is 18.5. The number of hydrogen-bond donors (Lipinski definition) is 0. The van der Waals surface area contributed by atoms with Crippen LogP contribution in [0.5, 0.6) is 0 Å². The van der Waals surface area contributed by atoms with Crippen molar-refractivity contribution in [2.24, 2.45) is 0 Å². The van der Waals surface area contributed by atoms with E-state index >= 15 is 0 Å². The van der Waals surface area contributed by atoms with Crippen molar-refractivity contribution in [1.82, 2.24) is 9.88 Å². The highest BCUT2D eigenvalue weighted by Crippen LogP contribution is 2.32. The third-order valence-corrected chi connectivity index (χ3v) is 7.15. The lowest BCUT2D eigenvalue weighted by Crippen LogP contribution is -2.50. The monoisotopic (exact) mass is 453 g/mol. The summed E-state index contributed by atoms with van der Waals surface area (Å²) in [6.45, 7) is 7.81. The Morgan fingerprint density at radius 1 is 0.938 bits per heavy atom. The van der Waals surface area contributed by atoms with E-state index in [2.05, 4.69) is 9.88 Å². The van der Waals surface area contributed by atoms with E-state index in [0.717, 1.165) is 5.69 Å². The summed E-state index contributed by atoms with van der Waals surface area (Å²) in [7, 11) is -3.68. The highest BCUT2D eigenvalue weighted by molar-refractivity contribution is 7.91. The van der Waals surface area contributed by atoms with Crippen LogP contribution in [0.3, 0.4) is 0 Å². The van der Waals surface area contributed by atoms with Crippen LogP contribution in [0, 0.1) is 0 Å². The first kappa shape index (κ1) is 22.1. The Kier molecular flexibility index (Phi) is 5.81. The molecule has 1 fully saturated rings. The summed E-state index contributed by atoms with van der Waals surface area (Å²) in [5.41, 5.74) is 0.959. The molecule has 0 radical (unpaired) electrons. The minimum Gasteiger partial charge on any atom is -0.444 e. The molecule has 1 aliphatic heterocycles. The lowest BCUT2D eigenvalue weighted by atomic mass is 10.1. The summed E-state index contributed by atoms with van der Waals surface area (Å²) in [6.07, 6.45) is 1.22. The number of anilines is 1. The maximum absolute atomic E-state index is 13.3. The largest absolute Gasteiger partial charge is 0.444 e. The molecule has 2 aromatic carbocycles. The maximum atomic E-state index is 13.3. The van der Waals surface area contributed by atoms with Crippen molar-refractivity contribution in [2.75, 3.05) is 31.1 Å². The number of aromatic nitrogens is 1. The van der Waals surface area contributed by atoms with Gasteiger partial charge in [0, 0.05) is 37.8 Å². The van der Waals surface area contributed by atoms with Crippen LogP contribution in [0.15, 0.2) is 70.6 Å². The Bertz CT molecular complexity index is 1230. The van der Waals surface area contributed by atoms with Gasteiger partial charge in [-0.25, -0.2) is 13.2 Å². The molecule has 8 heteroatoms. The minimum atomic E-state index is -3.68. The van der Waals surface area contributed by atoms with Gasteiger partial charge in [-0.1, -0.05) is 30.3 Å². The second-order valence-corrected chi connectivity index (χ2v) is 10.7. The highest BCUT2D eigenvalue weighted by atomic mass is 32.2. The number of para-hydroxylation sites is 1. The van der Waals surface area contributed by atoms with Crippen LogP contribution in [0.2, 0.25) is 0 Å². The molecule has 1 aromatic heterocycles. The molecule has 168 valence electrons. The van der Waals surface area contributed by atoms with E-state index in [9.17, 15) is 13.2 Å². The van der Waals surface area contributed by atoms with Crippen LogP contribution in [0.25, 0.3) is 10.9 Å². The van der Waals surface area contributed by atoms with E-state index in [0.29, 0.717) is 37.1 Å². The Hall–Kier alpha value is -3.13. The molecule has 0 unspecified atom stereocenters. The van der Waals surface area contributed by atoms with Crippen LogP contribution < -0.4 is 4.90 Å². The molecule has 0 saturated carbocycles. The Balaban J connectivity index is 1.63. The Morgan fingerprint density at radius 3 is 2.28 bits per heavy atom. The zero-order chi connectivity index (χ0) is 22.9. The number of sulfone groups is 1. The summed E-state index contributed by atoms with van der Waals surface area (Å²) >= 11 is 0. The quantitative estimate of drug-likeness (QED) is 0.593. The third-order valence-electron chi connectivity index (χ3n) is 5.32. The molecule has 3 aromatic rings. The van der Waals surface area contributed by atoms with Crippen LogP contribution in [0.1, 0.15) is 20.8 Å². The summed E-state index contributed by atoms with van der Waals surface area (Å²) in [5.74, 6) is 0. The first-order chi connectivity index (χ1) is 15.2. The number of nitrogens with zero attached hydrogens (tertiary/aromatic N) is 3. The van der Waals surface area contributed by atoms with Gasteiger partial charge < -0.3 is 14.5 Å². The normalized spacial score (nSPS) is 15.1. The van der Waals surface area contributed by atoms with Crippen molar-refractivity contribution >= 4 is 32.5 Å². The molecule has 1 aliphatic rings. The third kappa shape index (κ3) is 4.41. The van der Waals surface area contributed by atoms with Gasteiger partial charge in [-0.2, -0.15) is 0 Å². The van der Waals surface area contributed by atoms with Gasteiger partial charge >= 0.3 is 6.09 Å². The molecule has 32 heavy (non-hydrogen) atoms. The van der Waals surface area contributed by atoms with Gasteiger partial charge in [0.25, 0.3) is 0 Å². The number of hydrogen-bond acceptors (Lipinski definition) is 6. The molecule has 4 rings (SSSR count). The van der Waals surface area contributed by atoms with Gasteiger partial charge in [0.2, 0.25) is 9.84 Å². The van der Waals surface area contributed by atoms with Crippen LogP contribution in [-0.4, -0.2) is 56.2 Å². The van der Waals surface area contributed by atoms with Gasteiger partial charge in [0.1, 0.15) is 5.60 Å². The van der Waals surface area contributed by atoms with Gasteiger partial charge in [-0.15, -0.1) is 0 Å². The van der Waals surface area contributed by atoms with Crippen molar-refractivity contribution in [3.8, 4) is 0 Å². The number of carbonyl (C=O) groups is 1. The van der Waals surface area contributed by atoms with Gasteiger partial charge in [0.05, 0.1) is 21.0 Å². The number of amides is 1. The first-order valence-electron chi connectivity index (χ1n) is 10.6. The van der Waals surface area contributed by atoms with Crippen molar-refractivity contribution in [3.05, 3.63) is 60.8 Å². The summed E-state index contributed by atoms with van der Waals surface area (Å²) in [5, 5.41) is 0.587. The lowest BCUT2D eigenvalue weighted by Gasteiger charge is -2.37. The molecular formula is C24H27N3O4S. The standard InChI is InChI=1S/C24H27N3O4S/c1-24(2,3)31-23(28)27-16-14-26(15-17-27)20-11-7-10-19-21(12-13-25-22(19)20)32(29,30)18-8-5-4-6-9-18/h4-13H,14-17H2,1-3H3. The van der Waals surface area contributed by atoms with Crippen LogP contribution in [0.4, 0.5) is 10.5 Å². The van der Waals surface area contributed by atoms with Crippen molar-refractivity contribution in [1.29, 1.82) is 0 Å². The van der Waals surface area contributed by atoms with Gasteiger partial charge in [-0.3, -0.25) is 4.98 Å². The highest BCUT2D eigenvalue weighted by Gasteiger charge is 2.27. The molecule has 2 heterocycles. The molecule has 1 saturated heterocycles. The molecular weight excluding hydrogens is 426 g/mol. The second kappa shape index (κ2) is 8.43. The van der Waals surface area contributed by atoms with E-state index in [4.69, 9.17) is 4.74 Å². The summed E-state index contributed by atoms with van der Waals surface area (Å²) in [4.78, 5) is 21.2. The topological polar surface area (TPSA) is 79.8 Å². The number of fused-ring (bicyclic) bond motifs is 1. The Morgan fingerprint density at radius 2 is 1.62 bits per heavy atom. The van der Waals surface area contributed by atoms with Crippen LogP contribution in [-0.2, 0) is 14.6 Å². The average molecular weight is 454 g/mol. The van der Waals surface area contributed by atoms with Crippen molar-refractivity contribution in [2.45, 2.75) is 36.2 Å². The molecule has 1 amide bonds. The minimum absolute atomic E-state index is 0.239. The summed E-state index contributed by atoms with van der Waals surface area (Å²) in [6, 6.07) is 15.5. The molecule has 7 nitrogen and oxygen atoms in total. The fourth-order valence-electron chi connectivity index (χ4n) is 3.81. The number of pyridine rings is 1. The van der Waals surface area contributed by atoms with Crippen molar-refractivity contribution in [3.63, 3.8) is 0 Å². The average Bonchev–Trinajstić information content (AvgIpc) is 2.78. The van der Waals surface area contributed by atoms with Crippen LogP contribution >= 0.6 is 0 Å². The fraction of sp³-hybridized carbons (Fsp3) is 0.333. The molecule has 0 aliphatic carbocycles. The van der Waals surface area contributed by atoms with E-state index in [1.807, 2.05) is 32.9 Å². The zero-order valence-corrected chi connectivity index (χ0v) is 19.3. The SMILES string of the molecule is CC(C)(C)OC(=O)N1CCN(c2cccc3c(S(=O)(=O)c4ccccc4)ccnc23)CC1. The van der Waals surface area contributed by atoms with E-state index < -0.39 is 15.4 Å². The van der Waals surface area contributed by atoms with E-state index in [1.54, 1.807) is 53.6 Å². The molecule has 0 N–H and O–H groups in total.